The van der Waals surface area contributed by atoms with Gasteiger partial charge in [0.2, 0.25) is 5.82 Å². The van der Waals surface area contributed by atoms with Gasteiger partial charge in [0.15, 0.2) is 5.65 Å². The minimum absolute atomic E-state index is 0.0440. The van der Waals surface area contributed by atoms with Crippen LogP contribution < -0.4 is 5.32 Å². The molecule has 0 saturated carbocycles. The summed E-state index contributed by atoms with van der Waals surface area (Å²) in [5.41, 5.74) is 2.04. The Morgan fingerprint density at radius 2 is 2.42 bits per heavy atom. The van der Waals surface area contributed by atoms with Crippen molar-refractivity contribution >= 4 is 33.1 Å². The van der Waals surface area contributed by atoms with E-state index in [0.29, 0.717) is 24.5 Å². The fourth-order valence-electron chi connectivity index (χ4n) is 3.34. The molecule has 3 aromatic rings. The third-order valence-corrected chi connectivity index (χ3v) is 5.67. The van der Waals surface area contributed by atoms with Gasteiger partial charge in [-0.3, -0.25) is 4.79 Å². The van der Waals surface area contributed by atoms with E-state index in [2.05, 4.69) is 27.3 Å². The summed E-state index contributed by atoms with van der Waals surface area (Å²) in [5, 5.41) is 16.8. The van der Waals surface area contributed by atoms with Crippen LogP contribution in [0.25, 0.3) is 15.9 Å². The van der Waals surface area contributed by atoms with Crippen molar-refractivity contribution in [2.75, 3.05) is 13.2 Å². The maximum Gasteiger partial charge on any atom is 0.290 e. The van der Waals surface area contributed by atoms with E-state index in [9.17, 15) is 4.79 Å². The third-order valence-electron chi connectivity index (χ3n) is 4.50. The Morgan fingerprint density at radius 3 is 3.25 bits per heavy atom. The lowest BCUT2D eigenvalue weighted by molar-refractivity contribution is 0.0941. The summed E-state index contributed by atoms with van der Waals surface area (Å²) in [6, 6.07) is 0. The number of carbonyl (C=O) groups excluding carboxylic acids is 1. The summed E-state index contributed by atoms with van der Waals surface area (Å²) >= 11 is 1.73. The molecule has 8 heteroatoms. The lowest BCUT2D eigenvalue weighted by Crippen LogP contribution is -2.26. The number of rotatable bonds is 4. The number of fused-ring (bicyclic) bond motifs is 5. The summed E-state index contributed by atoms with van der Waals surface area (Å²) in [6.45, 7) is 2.69. The molecule has 0 radical (unpaired) electrons. The van der Waals surface area contributed by atoms with Gasteiger partial charge in [0, 0.05) is 18.0 Å². The first kappa shape index (κ1) is 15.5. The van der Waals surface area contributed by atoms with Gasteiger partial charge < -0.3 is 10.4 Å². The van der Waals surface area contributed by atoms with E-state index in [1.54, 1.807) is 22.2 Å². The van der Waals surface area contributed by atoms with Crippen molar-refractivity contribution < 1.29 is 9.90 Å². The molecule has 1 amide bonds. The van der Waals surface area contributed by atoms with Gasteiger partial charge in [0.25, 0.3) is 5.91 Å². The minimum atomic E-state index is -0.322. The van der Waals surface area contributed by atoms with Crippen molar-refractivity contribution in [2.45, 2.75) is 38.5 Å². The predicted molar refractivity (Wildman–Crippen MR) is 91.6 cm³/mol. The standard InChI is InChI=1S/C16H19N5O2S/c1-9-4-2-5-10-11(9)12-14-19-13(15(23)17-6-3-7-22)20-21(14)8-18-16(12)24-10/h8-9,22H,2-7H2,1H3,(H,17,23)/t9-/m0/s1. The second-order valence-electron chi connectivity index (χ2n) is 6.19. The number of nitrogens with zero attached hydrogens (tertiary/aromatic N) is 4. The van der Waals surface area contributed by atoms with Gasteiger partial charge in [0.1, 0.15) is 11.2 Å². The Morgan fingerprint density at radius 1 is 1.54 bits per heavy atom. The number of amides is 1. The van der Waals surface area contributed by atoms with Crippen LogP contribution in [0.3, 0.4) is 0 Å². The Hall–Kier alpha value is -2.06. The van der Waals surface area contributed by atoms with E-state index in [1.807, 2.05) is 0 Å². The highest BCUT2D eigenvalue weighted by atomic mass is 32.1. The fourth-order valence-corrected chi connectivity index (χ4v) is 4.64. The van der Waals surface area contributed by atoms with Crippen LogP contribution in [0.1, 0.15) is 53.2 Å². The van der Waals surface area contributed by atoms with Gasteiger partial charge in [-0.25, -0.2) is 14.5 Å². The quantitative estimate of drug-likeness (QED) is 0.705. The molecule has 1 aliphatic carbocycles. The second kappa shape index (κ2) is 6.10. The molecule has 3 aromatic heterocycles. The van der Waals surface area contributed by atoms with Crippen molar-refractivity contribution in [3.8, 4) is 0 Å². The summed E-state index contributed by atoms with van der Waals surface area (Å²) in [4.78, 5) is 23.5. The number of aliphatic hydroxyl groups excluding tert-OH is 1. The smallest absolute Gasteiger partial charge is 0.290 e. The Kier molecular flexibility index (Phi) is 3.93. The van der Waals surface area contributed by atoms with Crippen molar-refractivity contribution in [2.24, 2.45) is 0 Å². The Balaban J connectivity index is 1.80. The van der Waals surface area contributed by atoms with Gasteiger partial charge >= 0.3 is 0 Å². The molecule has 0 fully saturated rings. The molecule has 3 heterocycles. The lowest BCUT2D eigenvalue weighted by Gasteiger charge is -2.18. The first-order valence-corrected chi connectivity index (χ1v) is 9.06. The van der Waals surface area contributed by atoms with Gasteiger partial charge in [-0.05, 0) is 37.2 Å². The number of aryl methyl sites for hydroxylation is 1. The predicted octanol–water partition coefficient (Wildman–Crippen LogP) is 1.89. The molecule has 0 aliphatic heterocycles. The molecular formula is C16H19N5O2S. The number of aliphatic hydroxyl groups is 1. The van der Waals surface area contributed by atoms with Crippen LogP contribution >= 0.6 is 11.3 Å². The summed E-state index contributed by atoms with van der Waals surface area (Å²) < 4.78 is 1.59. The molecule has 24 heavy (non-hydrogen) atoms. The third kappa shape index (κ3) is 2.46. The van der Waals surface area contributed by atoms with Crippen LogP contribution in [0.15, 0.2) is 6.33 Å². The van der Waals surface area contributed by atoms with E-state index in [4.69, 9.17) is 5.11 Å². The molecule has 0 unspecified atom stereocenters. The number of nitrogens with one attached hydrogen (secondary N) is 1. The molecule has 0 aromatic carbocycles. The highest BCUT2D eigenvalue weighted by molar-refractivity contribution is 7.19. The Bertz CT molecular complexity index is 916. The first-order chi connectivity index (χ1) is 11.7. The summed E-state index contributed by atoms with van der Waals surface area (Å²) in [5.74, 6) is 0.303. The largest absolute Gasteiger partial charge is 0.396 e. The average molecular weight is 345 g/mol. The highest BCUT2D eigenvalue weighted by Crippen LogP contribution is 2.42. The zero-order valence-corrected chi connectivity index (χ0v) is 14.3. The molecule has 2 N–H and O–H groups in total. The van der Waals surface area contributed by atoms with E-state index in [-0.39, 0.29) is 18.3 Å². The van der Waals surface area contributed by atoms with Gasteiger partial charge in [-0.1, -0.05) is 6.92 Å². The number of thiophene rings is 1. The zero-order valence-electron chi connectivity index (χ0n) is 13.4. The molecule has 1 aliphatic rings. The zero-order chi connectivity index (χ0) is 16.7. The molecule has 1 atom stereocenters. The Labute approximate surface area is 142 Å². The number of hydrogen-bond acceptors (Lipinski definition) is 6. The average Bonchev–Trinajstić information content (AvgIpc) is 3.16. The van der Waals surface area contributed by atoms with E-state index in [0.717, 1.165) is 16.6 Å². The maximum absolute atomic E-state index is 12.2. The molecule has 0 bridgehead atoms. The van der Waals surface area contributed by atoms with Crippen LogP contribution in [-0.4, -0.2) is 43.7 Å². The van der Waals surface area contributed by atoms with Gasteiger partial charge in [-0.15, -0.1) is 16.4 Å². The topological polar surface area (TPSA) is 92.4 Å². The molecule has 126 valence electrons. The van der Waals surface area contributed by atoms with Crippen molar-refractivity contribution in [1.82, 2.24) is 24.9 Å². The number of carbonyl (C=O) groups is 1. The van der Waals surface area contributed by atoms with Crippen molar-refractivity contribution in [3.05, 3.63) is 22.6 Å². The van der Waals surface area contributed by atoms with Crippen LogP contribution in [-0.2, 0) is 6.42 Å². The molecule has 0 saturated heterocycles. The van der Waals surface area contributed by atoms with E-state index >= 15 is 0 Å². The van der Waals surface area contributed by atoms with Crippen LogP contribution in [0.4, 0.5) is 0 Å². The number of aromatic nitrogens is 4. The fraction of sp³-hybridized carbons (Fsp3) is 0.500. The van der Waals surface area contributed by atoms with Crippen molar-refractivity contribution in [1.29, 1.82) is 0 Å². The van der Waals surface area contributed by atoms with E-state index in [1.165, 1.54) is 23.3 Å². The van der Waals surface area contributed by atoms with E-state index < -0.39 is 0 Å². The highest BCUT2D eigenvalue weighted by Gasteiger charge is 2.25. The molecule has 7 nitrogen and oxygen atoms in total. The lowest BCUT2D eigenvalue weighted by atomic mass is 9.87. The normalized spacial score (nSPS) is 17.3. The summed E-state index contributed by atoms with van der Waals surface area (Å²) in [6.07, 6.45) is 5.61. The SMILES string of the molecule is C[C@H]1CCCc2sc3ncn4nc(C(=O)NCCCO)nc4c3c21. The van der Waals surface area contributed by atoms with Crippen LogP contribution in [0.2, 0.25) is 0 Å². The monoisotopic (exact) mass is 345 g/mol. The van der Waals surface area contributed by atoms with Crippen LogP contribution in [0, 0.1) is 0 Å². The first-order valence-electron chi connectivity index (χ1n) is 8.24. The van der Waals surface area contributed by atoms with Gasteiger partial charge in [0.05, 0.1) is 5.39 Å². The molecular weight excluding hydrogens is 326 g/mol. The number of hydrogen-bond donors (Lipinski definition) is 2. The van der Waals surface area contributed by atoms with Crippen LogP contribution in [0.5, 0.6) is 0 Å². The van der Waals surface area contributed by atoms with Gasteiger partial charge in [-0.2, -0.15) is 0 Å². The minimum Gasteiger partial charge on any atom is -0.396 e. The summed E-state index contributed by atoms with van der Waals surface area (Å²) in [7, 11) is 0. The molecule has 4 rings (SSSR count). The second-order valence-corrected chi connectivity index (χ2v) is 7.28. The molecule has 0 spiro atoms. The maximum atomic E-state index is 12.2. The van der Waals surface area contributed by atoms with Crippen molar-refractivity contribution in [3.63, 3.8) is 0 Å².